The van der Waals surface area contributed by atoms with E-state index in [-0.39, 0.29) is 6.04 Å². The van der Waals surface area contributed by atoms with Crippen molar-refractivity contribution in [3.05, 3.63) is 48.0 Å². The minimum Gasteiger partial charge on any atom is -0.352 e. The molecule has 0 aliphatic carbocycles. The first-order valence-electron chi connectivity index (χ1n) is 4.99. The summed E-state index contributed by atoms with van der Waals surface area (Å²) in [5.74, 6) is 0. The van der Waals surface area contributed by atoms with E-state index in [4.69, 9.17) is 0 Å². The van der Waals surface area contributed by atoms with Gasteiger partial charge in [0.25, 0.3) is 0 Å². The van der Waals surface area contributed by atoms with Gasteiger partial charge in [0.15, 0.2) is 0 Å². The van der Waals surface area contributed by atoms with Gasteiger partial charge in [-0.2, -0.15) is 0 Å². The minimum atomic E-state index is 0.0621. The normalized spacial score (nSPS) is 12.3. The van der Waals surface area contributed by atoms with Crippen LogP contribution in [-0.4, -0.2) is 6.41 Å². The first-order chi connectivity index (χ1) is 7.31. The van der Waals surface area contributed by atoms with Crippen molar-refractivity contribution in [1.29, 1.82) is 0 Å². The highest BCUT2D eigenvalue weighted by Crippen LogP contribution is 2.19. The predicted octanol–water partition coefficient (Wildman–Crippen LogP) is 2.65. The van der Waals surface area contributed by atoms with Gasteiger partial charge < -0.3 is 5.32 Å². The van der Waals surface area contributed by atoms with Crippen LogP contribution in [0.4, 0.5) is 0 Å². The standard InChI is InChI=1S/C13H13NO/c1-10(14-9-15)12-7-6-11-4-2-3-5-13(11)8-12/h2-10H,1H3,(H,14,15)/t10-/m1/s1. The van der Waals surface area contributed by atoms with Gasteiger partial charge >= 0.3 is 0 Å². The van der Waals surface area contributed by atoms with Gasteiger partial charge in [0.05, 0.1) is 6.04 Å². The molecule has 2 nitrogen and oxygen atoms in total. The van der Waals surface area contributed by atoms with E-state index in [0.717, 1.165) is 12.0 Å². The van der Waals surface area contributed by atoms with E-state index in [1.807, 2.05) is 25.1 Å². The minimum absolute atomic E-state index is 0.0621. The SMILES string of the molecule is C[C@@H](NC=O)c1ccc2ccccc2c1. The lowest BCUT2D eigenvalue weighted by Gasteiger charge is -2.11. The summed E-state index contributed by atoms with van der Waals surface area (Å²) in [6.07, 6.45) is 0.736. The maximum atomic E-state index is 10.3. The molecule has 0 saturated carbocycles. The number of hydrogen-bond donors (Lipinski definition) is 1. The Labute approximate surface area is 88.9 Å². The van der Waals surface area contributed by atoms with Crippen molar-refractivity contribution in [1.82, 2.24) is 5.32 Å². The predicted molar refractivity (Wildman–Crippen MR) is 61.6 cm³/mol. The average Bonchev–Trinajstić information content (AvgIpc) is 2.29. The summed E-state index contributed by atoms with van der Waals surface area (Å²) >= 11 is 0. The Bertz CT molecular complexity index is 479. The van der Waals surface area contributed by atoms with Gasteiger partial charge in [-0.3, -0.25) is 4.79 Å². The van der Waals surface area contributed by atoms with Crippen molar-refractivity contribution >= 4 is 17.2 Å². The molecule has 0 bridgehead atoms. The van der Waals surface area contributed by atoms with E-state index in [2.05, 4.69) is 29.6 Å². The van der Waals surface area contributed by atoms with Crippen LogP contribution in [0.25, 0.3) is 10.8 Å². The molecule has 1 amide bonds. The largest absolute Gasteiger partial charge is 0.352 e. The fourth-order valence-electron chi connectivity index (χ4n) is 1.68. The van der Waals surface area contributed by atoms with Crippen LogP contribution in [0.1, 0.15) is 18.5 Å². The lowest BCUT2D eigenvalue weighted by Crippen LogP contribution is -2.15. The highest BCUT2D eigenvalue weighted by molar-refractivity contribution is 5.83. The first kappa shape index (κ1) is 9.71. The zero-order valence-electron chi connectivity index (χ0n) is 8.60. The van der Waals surface area contributed by atoms with Crippen molar-refractivity contribution in [2.45, 2.75) is 13.0 Å². The molecular formula is C13H13NO. The topological polar surface area (TPSA) is 29.1 Å². The van der Waals surface area contributed by atoms with Crippen LogP contribution in [-0.2, 0) is 4.79 Å². The van der Waals surface area contributed by atoms with E-state index in [9.17, 15) is 4.79 Å². The van der Waals surface area contributed by atoms with E-state index in [0.29, 0.717) is 0 Å². The lowest BCUT2D eigenvalue weighted by molar-refractivity contribution is -0.110. The molecule has 0 unspecified atom stereocenters. The van der Waals surface area contributed by atoms with Crippen LogP contribution in [0.2, 0.25) is 0 Å². The molecule has 0 fully saturated rings. The monoisotopic (exact) mass is 199 g/mol. The van der Waals surface area contributed by atoms with E-state index >= 15 is 0 Å². The summed E-state index contributed by atoms with van der Waals surface area (Å²) < 4.78 is 0. The van der Waals surface area contributed by atoms with E-state index in [1.54, 1.807) is 0 Å². The molecule has 1 atom stereocenters. The van der Waals surface area contributed by atoms with E-state index < -0.39 is 0 Å². The van der Waals surface area contributed by atoms with Crippen LogP contribution < -0.4 is 5.32 Å². The third-order valence-electron chi connectivity index (χ3n) is 2.59. The molecular weight excluding hydrogens is 186 g/mol. The highest BCUT2D eigenvalue weighted by Gasteiger charge is 2.03. The fraction of sp³-hybridized carbons (Fsp3) is 0.154. The Kier molecular flexibility index (Phi) is 2.68. The maximum Gasteiger partial charge on any atom is 0.207 e. The molecule has 15 heavy (non-hydrogen) atoms. The van der Waals surface area contributed by atoms with Gasteiger partial charge in [0.2, 0.25) is 6.41 Å². The summed E-state index contributed by atoms with van der Waals surface area (Å²) in [6, 6.07) is 14.5. The van der Waals surface area contributed by atoms with Crippen LogP contribution in [0.3, 0.4) is 0 Å². The maximum absolute atomic E-state index is 10.3. The van der Waals surface area contributed by atoms with Crippen molar-refractivity contribution in [3.63, 3.8) is 0 Å². The molecule has 0 spiro atoms. The Morgan fingerprint density at radius 1 is 1.13 bits per heavy atom. The van der Waals surface area contributed by atoms with Crippen molar-refractivity contribution in [2.75, 3.05) is 0 Å². The number of carbonyl (C=O) groups excluding carboxylic acids is 1. The number of carbonyl (C=O) groups is 1. The fourth-order valence-corrected chi connectivity index (χ4v) is 1.68. The highest BCUT2D eigenvalue weighted by atomic mass is 16.1. The molecule has 0 aliphatic heterocycles. The van der Waals surface area contributed by atoms with Gasteiger partial charge in [0.1, 0.15) is 0 Å². The molecule has 2 rings (SSSR count). The van der Waals surface area contributed by atoms with Crippen LogP contribution >= 0.6 is 0 Å². The smallest absolute Gasteiger partial charge is 0.207 e. The quantitative estimate of drug-likeness (QED) is 0.756. The molecule has 2 aromatic carbocycles. The van der Waals surface area contributed by atoms with Gasteiger partial charge in [-0.15, -0.1) is 0 Å². The number of benzene rings is 2. The Balaban J connectivity index is 2.42. The third-order valence-corrected chi connectivity index (χ3v) is 2.59. The molecule has 2 heteroatoms. The van der Waals surface area contributed by atoms with Crippen LogP contribution in [0.15, 0.2) is 42.5 Å². The van der Waals surface area contributed by atoms with Crippen molar-refractivity contribution < 1.29 is 4.79 Å². The zero-order chi connectivity index (χ0) is 10.7. The molecule has 0 radical (unpaired) electrons. The molecule has 0 saturated heterocycles. The van der Waals surface area contributed by atoms with Gasteiger partial charge in [-0.1, -0.05) is 36.4 Å². The number of hydrogen-bond acceptors (Lipinski definition) is 1. The summed E-state index contributed by atoms with van der Waals surface area (Å²) in [6.45, 7) is 1.97. The summed E-state index contributed by atoms with van der Waals surface area (Å²) in [5.41, 5.74) is 1.13. The van der Waals surface area contributed by atoms with Crippen LogP contribution in [0, 0.1) is 0 Å². The van der Waals surface area contributed by atoms with Gasteiger partial charge in [-0.25, -0.2) is 0 Å². The van der Waals surface area contributed by atoms with E-state index in [1.165, 1.54) is 10.8 Å². The second-order valence-corrected chi connectivity index (χ2v) is 3.61. The number of fused-ring (bicyclic) bond motifs is 1. The molecule has 1 N–H and O–H groups in total. The summed E-state index contributed by atoms with van der Waals surface area (Å²) in [7, 11) is 0. The van der Waals surface area contributed by atoms with Crippen LogP contribution in [0.5, 0.6) is 0 Å². The second-order valence-electron chi connectivity index (χ2n) is 3.61. The van der Waals surface area contributed by atoms with Gasteiger partial charge in [0, 0.05) is 0 Å². The van der Waals surface area contributed by atoms with Gasteiger partial charge in [-0.05, 0) is 29.3 Å². The number of rotatable bonds is 3. The first-order valence-corrected chi connectivity index (χ1v) is 4.99. The Hall–Kier alpha value is -1.83. The number of amides is 1. The molecule has 76 valence electrons. The van der Waals surface area contributed by atoms with Crippen molar-refractivity contribution in [2.24, 2.45) is 0 Å². The number of nitrogens with one attached hydrogen (secondary N) is 1. The Morgan fingerprint density at radius 2 is 1.87 bits per heavy atom. The zero-order valence-corrected chi connectivity index (χ0v) is 8.60. The third kappa shape index (κ3) is 1.99. The van der Waals surface area contributed by atoms with Crippen molar-refractivity contribution in [3.8, 4) is 0 Å². The lowest BCUT2D eigenvalue weighted by atomic mass is 10.0. The second kappa shape index (κ2) is 4.13. The molecule has 0 aliphatic rings. The summed E-state index contributed by atoms with van der Waals surface area (Å²) in [5, 5.41) is 5.17. The molecule has 0 aromatic heterocycles. The average molecular weight is 199 g/mol. The molecule has 0 heterocycles. The Morgan fingerprint density at radius 3 is 2.60 bits per heavy atom. The molecule has 2 aromatic rings. The summed E-state index contributed by atoms with van der Waals surface area (Å²) in [4.78, 5) is 10.3.